The van der Waals surface area contributed by atoms with Crippen LogP contribution in [0.4, 0.5) is 13.2 Å². The van der Waals surface area contributed by atoms with Crippen LogP contribution in [0.3, 0.4) is 0 Å². The molecule has 1 aromatic carbocycles. The van der Waals surface area contributed by atoms with Gasteiger partial charge in [0.2, 0.25) is 0 Å². The molecule has 7 heteroatoms. The third-order valence-electron chi connectivity index (χ3n) is 1.96. The van der Waals surface area contributed by atoms with Crippen LogP contribution in [-0.2, 0) is 6.42 Å². The molecule has 1 unspecified atom stereocenters. The van der Waals surface area contributed by atoms with Crippen molar-refractivity contribution in [3.63, 3.8) is 0 Å². The number of alkyl halides is 3. The molecular weight excluding hydrogens is 308 g/mol. The van der Waals surface area contributed by atoms with Crippen molar-refractivity contribution in [2.24, 2.45) is 5.84 Å². The van der Waals surface area contributed by atoms with Crippen molar-refractivity contribution in [2.45, 2.75) is 17.8 Å². The molecule has 16 heavy (non-hydrogen) atoms. The van der Waals surface area contributed by atoms with Gasteiger partial charge in [0.1, 0.15) is 11.9 Å². The summed E-state index contributed by atoms with van der Waals surface area (Å²) in [4.78, 5) is 0. The molecular formula is C9H9BrClF3N2. The summed E-state index contributed by atoms with van der Waals surface area (Å²) < 4.78 is 39.0. The van der Waals surface area contributed by atoms with Gasteiger partial charge in [0.15, 0.2) is 0 Å². The third kappa shape index (κ3) is 3.93. The summed E-state index contributed by atoms with van der Waals surface area (Å²) in [5.74, 6) is 4.45. The summed E-state index contributed by atoms with van der Waals surface area (Å²) in [7, 11) is 0. The van der Waals surface area contributed by atoms with Gasteiger partial charge in [0.05, 0.1) is 0 Å². The van der Waals surface area contributed by atoms with Gasteiger partial charge in [-0.3, -0.25) is 5.84 Å². The Balaban J connectivity index is 2.86. The molecule has 0 amide bonds. The maximum Gasteiger partial charge on any atom is 0.338 e. The van der Waals surface area contributed by atoms with Gasteiger partial charge in [0, 0.05) is 4.47 Å². The van der Waals surface area contributed by atoms with Gasteiger partial charge >= 0.3 is 5.38 Å². The van der Waals surface area contributed by atoms with Gasteiger partial charge in [0.25, 0.3) is 0 Å². The summed E-state index contributed by atoms with van der Waals surface area (Å²) in [6.45, 7) is 0. The zero-order valence-electron chi connectivity index (χ0n) is 7.98. The second-order valence-corrected chi connectivity index (χ2v) is 4.66. The Labute approximate surface area is 104 Å². The first-order valence-electron chi connectivity index (χ1n) is 4.30. The second-order valence-electron chi connectivity index (χ2n) is 3.24. The molecule has 0 aliphatic rings. The van der Waals surface area contributed by atoms with Crippen molar-refractivity contribution in [2.75, 3.05) is 0 Å². The number of nitrogens with one attached hydrogen (secondary N) is 1. The molecule has 1 aromatic rings. The van der Waals surface area contributed by atoms with Crippen molar-refractivity contribution in [3.05, 3.63) is 34.1 Å². The first kappa shape index (κ1) is 13.8. The molecule has 0 heterocycles. The Hall–Kier alpha value is -0.300. The number of hydrogen-bond donors (Lipinski definition) is 2. The topological polar surface area (TPSA) is 38.0 Å². The molecule has 2 nitrogen and oxygen atoms in total. The second kappa shape index (κ2) is 5.35. The fourth-order valence-corrected chi connectivity index (χ4v) is 1.89. The molecule has 0 radical (unpaired) electrons. The summed E-state index contributed by atoms with van der Waals surface area (Å²) >= 11 is 7.91. The van der Waals surface area contributed by atoms with Crippen molar-refractivity contribution in [1.82, 2.24) is 5.43 Å². The number of rotatable bonds is 4. The Morgan fingerprint density at radius 2 is 2.06 bits per heavy atom. The fraction of sp³-hybridized carbons (Fsp3) is 0.333. The molecule has 0 bridgehead atoms. The zero-order chi connectivity index (χ0) is 12.3. The van der Waals surface area contributed by atoms with Gasteiger partial charge in [-0.05, 0) is 41.8 Å². The number of hydrazine groups is 1. The highest BCUT2D eigenvalue weighted by Crippen LogP contribution is 2.26. The molecule has 0 saturated heterocycles. The van der Waals surface area contributed by atoms with E-state index in [1.807, 2.05) is 5.43 Å². The van der Waals surface area contributed by atoms with Crippen LogP contribution >= 0.6 is 27.5 Å². The molecule has 1 atom stereocenters. The van der Waals surface area contributed by atoms with E-state index in [4.69, 9.17) is 17.4 Å². The first-order chi connectivity index (χ1) is 7.32. The number of nitrogens with two attached hydrogens (primary N) is 1. The Bertz CT molecular complexity index is 350. The van der Waals surface area contributed by atoms with E-state index in [-0.39, 0.29) is 6.42 Å². The van der Waals surface area contributed by atoms with Gasteiger partial charge in [-0.2, -0.15) is 8.78 Å². The van der Waals surface area contributed by atoms with Crippen LogP contribution < -0.4 is 11.3 Å². The minimum Gasteiger partial charge on any atom is -0.271 e. The van der Waals surface area contributed by atoms with E-state index in [1.165, 1.54) is 12.1 Å². The highest BCUT2D eigenvalue weighted by Gasteiger charge is 2.36. The lowest BCUT2D eigenvalue weighted by atomic mass is 10.1. The normalized spacial score (nSPS) is 13.9. The Morgan fingerprint density at radius 1 is 1.44 bits per heavy atom. The Kier molecular flexibility index (Phi) is 4.61. The number of halogens is 5. The summed E-state index contributed by atoms with van der Waals surface area (Å²) in [5.41, 5.74) is 2.28. The molecule has 90 valence electrons. The highest BCUT2D eigenvalue weighted by atomic mass is 79.9. The molecule has 0 spiro atoms. The lowest BCUT2D eigenvalue weighted by Crippen LogP contribution is -2.46. The van der Waals surface area contributed by atoms with E-state index in [2.05, 4.69) is 15.9 Å². The van der Waals surface area contributed by atoms with E-state index in [0.29, 0.717) is 10.0 Å². The maximum atomic E-state index is 13.0. The largest absolute Gasteiger partial charge is 0.338 e. The summed E-state index contributed by atoms with van der Waals surface area (Å²) in [6.07, 6.45) is -0.177. The van der Waals surface area contributed by atoms with Gasteiger partial charge in [-0.1, -0.05) is 15.9 Å². The SMILES string of the molecule is NNC(Cc1cc(F)cc(Br)c1)C(F)(F)Cl. The molecule has 1 rings (SSSR count). The predicted molar refractivity (Wildman–Crippen MR) is 59.7 cm³/mol. The lowest BCUT2D eigenvalue weighted by Gasteiger charge is -2.20. The van der Waals surface area contributed by atoms with Gasteiger partial charge in [-0.25, -0.2) is 9.82 Å². The van der Waals surface area contributed by atoms with Crippen LogP contribution in [0.2, 0.25) is 0 Å². The van der Waals surface area contributed by atoms with Gasteiger partial charge < -0.3 is 0 Å². The van der Waals surface area contributed by atoms with Crippen molar-refractivity contribution in [3.8, 4) is 0 Å². The van der Waals surface area contributed by atoms with Gasteiger partial charge in [-0.15, -0.1) is 0 Å². The summed E-state index contributed by atoms with van der Waals surface area (Å²) in [5, 5.41) is -3.49. The first-order valence-corrected chi connectivity index (χ1v) is 5.48. The zero-order valence-corrected chi connectivity index (χ0v) is 10.3. The van der Waals surface area contributed by atoms with E-state index in [1.54, 1.807) is 0 Å². The molecule has 0 fully saturated rings. The standard InChI is InChI=1S/C9H9BrClF3N2/c10-6-1-5(2-7(12)4-6)3-8(16-15)9(11,13)14/h1-2,4,8,16H,3,15H2. The Morgan fingerprint density at radius 3 is 2.50 bits per heavy atom. The van der Waals surface area contributed by atoms with E-state index in [0.717, 1.165) is 6.07 Å². The highest BCUT2D eigenvalue weighted by molar-refractivity contribution is 9.10. The lowest BCUT2D eigenvalue weighted by molar-refractivity contribution is 0.0502. The van der Waals surface area contributed by atoms with E-state index in [9.17, 15) is 13.2 Å². The summed E-state index contributed by atoms with van der Waals surface area (Å²) in [6, 6.07) is 2.45. The smallest absolute Gasteiger partial charge is 0.271 e. The molecule has 3 N–H and O–H groups in total. The molecule has 0 saturated carbocycles. The van der Waals surface area contributed by atoms with Crippen LogP contribution in [-0.4, -0.2) is 11.4 Å². The minimum absolute atomic E-state index is 0.177. The van der Waals surface area contributed by atoms with Crippen LogP contribution in [0.1, 0.15) is 5.56 Å². The molecule has 0 aliphatic carbocycles. The van der Waals surface area contributed by atoms with Crippen LogP contribution in [0.25, 0.3) is 0 Å². The van der Waals surface area contributed by atoms with Crippen LogP contribution in [0, 0.1) is 5.82 Å². The van der Waals surface area contributed by atoms with Crippen molar-refractivity contribution < 1.29 is 13.2 Å². The quantitative estimate of drug-likeness (QED) is 0.509. The number of hydrogen-bond acceptors (Lipinski definition) is 2. The average molecular weight is 318 g/mol. The van der Waals surface area contributed by atoms with E-state index < -0.39 is 17.2 Å². The number of benzene rings is 1. The van der Waals surface area contributed by atoms with Crippen molar-refractivity contribution in [1.29, 1.82) is 0 Å². The minimum atomic E-state index is -3.49. The fourth-order valence-electron chi connectivity index (χ4n) is 1.23. The average Bonchev–Trinajstić information content (AvgIpc) is 2.10. The maximum absolute atomic E-state index is 13.0. The van der Waals surface area contributed by atoms with E-state index >= 15 is 0 Å². The van der Waals surface area contributed by atoms with Crippen molar-refractivity contribution >= 4 is 27.5 Å². The van der Waals surface area contributed by atoms with Crippen LogP contribution in [0.5, 0.6) is 0 Å². The molecule has 0 aromatic heterocycles. The monoisotopic (exact) mass is 316 g/mol. The van der Waals surface area contributed by atoms with Crippen LogP contribution in [0.15, 0.2) is 22.7 Å². The third-order valence-corrected chi connectivity index (χ3v) is 2.68. The molecule has 0 aliphatic heterocycles. The predicted octanol–water partition coefficient (Wildman–Crippen LogP) is 2.79.